The second kappa shape index (κ2) is 7.74. The molecule has 0 unspecified atom stereocenters. The van der Waals surface area contributed by atoms with E-state index in [9.17, 15) is 13.6 Å². The van der Waals surface area contributed by atoms with E-state index < -0.39 is 6.55 Å². The molecule has 0 aliphatic rings. The van der Waals surface area contributed by atoms with Crippen LogP contribution in [0, 0.1) is 0 Å². The molecule has 0 fully saturated rings. The number of rotatable bonds is 7. The van der Waals surface area contributed by atoms with E-state index in [0.29, 0.717) is 28.1 Å². The van der Waals surface area contributed by atoms with Gasteiger partial charge in [0.2, 0.25) is 0 Å². The Kier molecular flexibility index (Phi) is 5.41. The Balaban J connectivity index is 1.86. The van der Waals surface area contributed by atoms with E-state index >= 15 is 0 Å². The normalized spacial score (nSPS) is 11.1. The van der Waals surface area contributed by atoms with Crippen LogP contribution in [0.1, 0.15) is 16.9 Å². The molecule has 8 heteroatoms. The van der Waals surface area contributed by atoms with Crippen molar-refractivity contribution < 1.29 is 23.0 Å². The number of nitrogens with zero attached hydrogens (tertiary/aromatic N) is 2. The topological polar surface area (TPSA) is 53.4 Å². The fourth-order valence-corrected chi connectivity index (χ4v) is 3.45. The van der Waals surface area contributed by atoms with Crippen molar-refractivity contribution in [1.29, 1.82) is 0 Å². The number of methoxy groups -OCH3 is 2. The summed E-state index contributed by atoms with van der Waals surface area (Å²) in [6.07, 6.45) is 0. The average Bonchev–Trinajstić information content (AvgIpc) is 3.04. The first-order chi connectivity index (χ1) is 12.5. The van der Waals surface area contributed by atoms with Gasteiger partial charge in [0.25, 0.3) is 0 Å². The number of ether oxygens (including phenoxy) is 2. The van der Waals surface area contributed by atoms with Gasteiger partial charge in [-0.25, -0.2) is 4.98 Å². The smallest absolute Gasteiger partial charge is 0.321 e. The summed E-state index contributed by atoms with van der Waals surface area (Å²) in [5.41, 5.74) is 1.12. The number of alkyl halides is 2. The van der Waals surface area contributed by atoms with E-state index in [1.807, 2.05) is 0 Å². The van der Waals surface area contributed by atoms with Crippen LogP contribution >= 0.6 is 11.8 Å². The Morgan fingerprint density at radius 3 is 2.65 bits per heavy atom. The van der Waals surface area contributed by atoms with Crippen LogP contribution in [0.4, 0.5) is 8.78 Å². The summed E-state index contributed by atoms with van der Waals surface area (Å²) in [6.45, 7) is -2.74. The molecule has 5 nitrogen and oxygen atoms in total. The van der Waals surface area contributed by atoms with Crippen LogP contribution in [0.25, 0.3) is 11.0 Å². The standard InChI is InChI=1S/C18H16F2N2O3S/c1-24-11-7-8-16(25-2)12(9-11)15(23)10-26-18-21-13-5-3-4-6-14(13)22(18)17(19)20/h3-9,17H,10H2,1-2H3. The number of thioether (sulfide) groups is 1. The van der Waals surface area contributed by atoms with Gasteiger partial charge >= 0.3 is 6.55 Å². The molecule has 0 saturated carbocycles. The van der Waals surface area contributed by atoms with Crippen LogP contribution < -0.4 is 9.47 Å². The lowest BCUT2D eigenvalue weighted by Crippen LogP contribution is -2.07. The predicted octanol–water partition coefficient (Wildman–Crippen LogP) is 4.42. The molecule has 1 heterocycles. The summed E-state index contributed by atoms with van der Waals surface area (Å²) in [7, 11) is 2.96. The Labute approximate surface area is 152 Å². The Morgan fingerprint density at radius 2 is 1.96 bits per heavy atom. The highest BCUT2D eigenvalue weighted by atomic mass is 32.2. The van der Waals surface area contributed by atoms with Crippen molar-refractivity contribution in [2.24, 2.45) is 0 Å². The van der Waals surface area contributed by atoms with Crippen molar-refractivity contribution in [2.75, 3.05) is 20.0 Å². The lowest BCUT2D eigenvalue weighted by molar-refractivity contribution is 0.0656. The second-order valence-corrected chi connectivity index (χ2v) is 6.25. The summed E-state index contributed by atoms with van der Waals surface area (Å²) in [5.74, 6) is 0.593. The zero-order chi connectivity index (χ0) is 18.7. The molecule has 0 amide bonds. The van der Waals surface area contributed by atoms with Crippen molar-refractivity contribution >= 4 is 28.6 Å². The van der Waals surface area contributed by atoms with Gasteiger partial charge in [-0.1, -0.05) is 23.9 Å². The van der Waals surface area contributed by atoms with E-state index in [0.717, 1.165) is 16.3 Å². The first kappa shape index (κ1) is 18.2. The van der Waals surface area contributed by atoms with Gasteiger partial charge in [0.05, 0.1) is 36.6 Å². The summed E-state index contributed by atoms with van der Waals surface area (Å²) in [4.78, 5) is 16.8. The molecule has 3 rings (SSSR count). The number of aromatic nitrogens is 2. The van der Waals surface area contributed by atoms with Crippen LogP contribution in [-0.2, 0) is 0 Å². The molecule has 1 aromatic heterocycles. The first-order valence-electron chi connectivity index (χ1n) is 7.68. The number of ketones is 1. The van der Waals surface area contributed by atoms with Gasteiger partial charge in [-0.05, 0) is 30.3 Å². The van der Waals surface area contributed by atoms with Crippen molar-refractivity contribution in [2.45, 2.75) is 11.7 Å². The largest absolute Gasteiger partial charge is 0.497 e. The lowest BCUT2D eigenvalue weighted by Gasteiger charge is -2.10. The average molecular weight is 378 g/mol. The van der Waals surface area contributed by atoms with Gasteiger partial charge in [0.15, 0.2) is 10.9 Å². The molecule has 0 saturated heterocycles. The number of hydrogen-bond acceptors (Lipinski definition) is 5. The highest BCUT2D eigenvalue weighted by Gasteiger charge is 2.20. The number of hydrogen-bond donors (Lipinski definition) is 0. The number of carbonyl (C=O) groups excluding carboxylic acids is 1. The minimum absolute atomic E-state index is 0.0560. The molecule has 26 heavy (non-hydrogen) atoms. The number of halogens is 2. The van der Waals surface area contributed by atoms with Gasteiger partial charge in [0, 0.05) is 0 Å². The fourth-order valence-electron chi connectivity index (χ4n) is 2.55. The maximum absolute atomic E-state index is 13.4. The Hall–Kier alpha value is -2.61. The van der Waals surface area contributed by atoms with E-state index in [2.05, 4.69) is 4.98 Å². The zero-order valence-electron chi connectivity index (χ0n) is 14.1. The van der Waals surface area contributed by atoms with Crippen LogP contribution in [0.5, 0.6) is 11.5 Å². The minimum atomic E-state index is -2.74. The highest BCUT2D eigenvalue weighted by molar-refractivity contribution is 7.99. The lowest BCUT2D eigenvalue weighted by atomic mass is 10.1. The second-order valence-electron chi connectivity index (χ2n) is 5.31. The third kappa shape index (κ3) is 3.50. The third-order valence-electron chi connectivity index (χ3n) is 3.80. The molecular weight excluding hydrogens is 362 g/mol. The quantitative estimate of drug-likeness (QED) is 0.450. The van der Waals surface area contributed by atoms with Gasteiger partial charge in [0.1, 0.15) is 11.5 Å². The molecule has 0 N–H and O–H groups in total. The Bertz CT molecular complexity index is 943. The Morgan fingerprint density at radius 1 is 1.19 bits per heavy atom. The van der Waals surface area contributed by atoms with Gasteiger partial charge in [-0.15, -0.1) is 0 Å². The van der Waals surface area contributed by atoms with E-state index in [-0.39, 0.29) is 16.7 Å². The molecule has 0 aliphatic carbocycles. The molecule has 3 aromatic rings. The summed E-state index contributed by atoms with van der Waals surface area (Å²) >= 11 is 0.963. The summed E-state index contributed by atoms with van der Waals surface area (Å²) in [6, 6.07) is 11.5. The van der Waals surface area contributed by atoms with Crippen LogP contribution in [0.3, 0.4) is 0 Å². The molecule has 0 atom stereocenters. The zero-order valence-corrected chi connectivity index (χ0v) is 14.9. The van der Waals surface area contributed by atoms with E-state index in [1.165, 1.54) is 14.2 Å². The van der Waals surface area contributed by atoms with Gasteiger partial charge < -0.3 is 9.47 Å². The molecule has 0 aliphatic heterocycles. The van der Waals surface area contributed by atoms with Crippen LogP contribution in [0.15, 0.2) is 47.6 Å². The summed E-state index contributed by atoms with van der Waals surface area (Å²) in [5, 5.41) is 0.0939. The molecule has 0 bridgehead atoms. The van der Waals surface area contributed by atoms with E-state index in [4.69, 9.17) is 9.47 Å². The monoisotopic (exact) mass is 378 g/mol. The maximum atomic E-state index is 13.4. The molecule has 0 radical (unpaired) electrons. The number of para-hydroxylation sites is 2. The molecular formula is C18H16F2N2O3S. The molecule has 0 spiro atoms. The number of benzene rings is 2. The van der Waals surface area contributed by atoms with E-state index in [1.54, 1.807) is 42.5 Å². The summed E-state index contributed by atoms with van der Waals surface area (Å²) < 4.78 is 38.0. The van der Waals surface area contributed by atoms with Crippen molar-refractivity contribution in [1.82, 2.24) is 9.55 Å². The first-order valence-corrected chi connectivity index (χ1v) is 8.67. The van der Waals surface area contributed by atoms with Crippen LogP contribution in [0.2, 0.25) is 0 Å². The maximum Gasteiger partial charge on any atom is 0.321 e. The van der Waals surface area contributed by atoms with Gasteiger partial charge in [-0.2, -0.15) is 8.78 Å². The number of imidazole rings is 1. The SMILES string of the molecule is COc1ccc(OC)c(C(=O)CSc2nc3ccccc3n2C(F)F)c1. The fraction of sp³-hybridized carbons (Fsp3) is 0.222. The minimum Gasteiger partial charge on any atom is -0.497 e. The number of fused-ring (bicyclic) bond motifs is 1. The number of carbonyl (C=O) groups is 1. The highest BCUT2D eigenvalue weighted by Crippen LogP contribution is 2.31. The molecule has 136 valence electrons. The van der Waals surface area contributed by atoms with Crippen LogP contribution in [-0.4, -0.2) is 35.3 Å². The molecule has 2 aromatic carbocycles. The van der Waals surface area contributed by atoms with Gasteiger partial charge in [-0.3, -0.25) is 9.36 Å². The predicted molar refractivity (Wildman–Crippen MR) is 95.6 cm³/mol. The van der Waals surface area contributed by atoms with Crippen molar-refractivity contribution in [3.63, 3.8) is 0 Å². The number of Topliss-reactive ketones (excluding diaryl/α,β-unsaturated/α-hetero) is 1. The van der Waals surface area contributed by atoms with Crippen molar-refractivity contribution in [3.05, 3.63) is 48.0 Å². The third-order valence-corrected chi connectivity index (χ3v) is 4.75. The van der Waals surface area contributed by atoms with Crippen molar-refractivity contribution in [3.8, 4) is 11.5 Å².